The molecule has 5 nitrogen and oxygen atoms in total. The maximum atomic E-state index is 14.6. The normalized spacial score (nSPS) is 16.1. The fourth-order valence-corrected chi connectivity index (χ4v) is 3.52. The predicted octanol–water partition coefficient (Wildman–Crippen LogP) is 3.66. The van der Waals surface area contributed by atoms with Crippen LogP contribution in [0.25, 0.3) is 10.9 Å². The molecule has 6 heteroatoms. The van der Waals surface area contributed by atoms with Crippen LogP contribution in [0.15, 0.2) is 60.0 Å². The van der Waals surface area contributed by atoms with Gasteiger partial charge in [-0.25, -0.2) is 8.96 Å². The minimum absolute atomic E-state index is 0.119. The molecule has 2 N–H and O–H groups in total. The van der Waals surface area contributed by atoms with Crippen LogP contribution in [-0.4, -0.2) is 10.5 Å². The molecule has 2 aromatic carbocycles. The van der Waals surface area contributed by atoms with Crippen molar-refractivity contribution in [1.29, 1.82) is 5.26 Å². The van der Waals surface area contributed by atoms with Crippen molar-refractivity contribution in [3.63, 3.8) is 0 Å². The number of halogens is 1. The lowest BCUT2D eigenvalue weighted by Crippen LogP contribution is -2.23. The van der Waals surface area contributed by atoms with Gasteiger partial charge in [0.2, 0.25) is 17.7 Å². The van der Waals surface area contributed by atoms with Crippen LogP contribution in [0, 0.1) is 17.1 Å². The van der Waals surface area contributed by atoms with E-state index >= 15 is 0 Å². The number of carbonyl (C=O) groups is 1. The summed E-state index contributed by atoms with van der Waals surface area (Å²) in [7, 11) is 0. The fourth-order valence-electron chi connectivity index (χ4n) is 3.52. The van der Waals surface area contributed by atoms with E-state index < -0.39 is 11.7 Å². The highest BCUT2D eigenvalue weighted by molar-refractivity contribution is 5.98. The van der Waals surface area contributed by atoms with Gasteiger partial charge in [-0.1, -0.05) is 36.4 Å². The first-order valence-electron chi connectivity index (χ1n) is 8.01. The van der Waals surface area contributed by atoms with Crippen LogP contribution in [0.1, 0.15) is 28.8 Å². The lowest BCUT2D eigenvalue weighted by molar-refractivity contribution is 0.0932. The highest BCUT2D eigenvalue weighted by atomic mass is 19.1. The Kier molecular flexibility index (Phi) is 3.51. The Hall–Kier alpha value is -3.59. The van der Waals surface area contributed by atoms with Crippen molar-refractivity contribution < 1.29 is 13.9 Å². The van der Waals surface area contributed by atoms with Crippen LogP contribution in [0.4, 0.5) is 4.39 Å². The lowest BCUT2D eigenvalue weighted by Gasteiger charge is -2.25. The molecule has 2 heterocycles. The quantitative estimate of drug-likeness (QED) is 0.728. The maximum Gasteiger partial charge on any atom is 0.230 e. The summed E-state index contributed by atoms with van der Waals surface area (Å²) < 4.78 is 21.6. The molecular formula is C20H14FN3O2. The van der Waals surface area contributed by atoms with E-state index in [0.717, 1.165) is 0 Å². The lowest BCUT2D eigenvalue weighted by atomic mass is 9.83. The van der Waals surface area contributed by atoms with E-state index in [-0.39, 0.29) is 23.2 Å². The summed E-state index contributed by atoms with van der Waals surface area (Å²) >= 11 is 0. The van der Waals surface area contributed by atoms with Crippen LogP contribution in [0.2, 0.25) is 0 Å². The smallest absolute Gasteiger partial charge is 0.230 e. The van der Waals surface area contributed by atoms with Crippen LogP contribution < -0.4 is 10.5 Å². The number of hydrogen-bond donors (Lipinski definition) is 1. The third-order valence-corrected chi connectivity index (χ3v) is 4.57. The van der Waals surface area contributed by atoms with E-state index in [4.69, 9.17) is 10.5 Å². The van der Waals surface area contributed by atoms with Gasteiger partial charge >= 0.3 is 0 Å². The first kappa shape index (κ1) is 15.9. The number of rotatable bonds is 1. The van der Waals surface area contributed by atoms with Gasteiger partial charge < -0.3 is 10.5 Å². The number of aromatic nitrogens is 1. The van der Waals surface area contributed by atoms with Crippen molar-refractivity contribution >= 4 is 16.8 Å². The monoisotopic (exact) mass is 347 g/mol. The van der Waals surface area contributed by atoms with E-state index in [0.29, 0.717) is 22.0 Å². The molecular weight excluding hydrogens is 333 g/mol. The van der Waals surface area contributed by atoms with Crippen molar-refractivity contribution in [2.45, 2.75) is 12.8 Å². The molecule has 26 heavy (non-hydrogen) atoms. The Morgan fingerprint density at radius 2 is 1.92 bits per heavy atom. The number of carbonyl (C=O) groups excluding carboxylic acids is 1. The largest absolute Gasteiger partial charge is 0.423 e. The molecule has 0 aliphatic carbocycles. The molecule has 128 valence electrons. The molecule has 1 atom stereocenters. The first-order valence-corrected chi connectivity index (χ1v) is 8.01. The number of hydrogen-bond acceptors (Lipinski definition) is 4. The van der Waals surface area contributed by atoms with Gasteiger partial charge in [0.05, 0.1) is 11.4 Å². The van der Waals surface area contributed by atoms with Crippen molar-refractivity contribution in [2.24, 2.45) is 5.73 Å². The second-order valence-corrected chi connectivity index (χ2v) is 6.04. The van der Waals surface area contributed by atoms with Gasteiger partial charge in [-0.15, -0.1) is 0 Å². The van der Waals surface area contributed by atoms with Crippen LogP contribution >= 0.6 is 0 Å². The summed E-state index contributed by atoms with van der Waals surface area (Å²) in [6.07, 6.45) is 0. The molecule has 0 amide bonds. The molecule has 0 spiro atoms. The van der Waals surface area contributed by atoms with Crippen molar-refractivity contribution in [3.8, 4) is 11.9 Å². The number of allylic oxidation sites excluding steroid dienone is 1. The standard InChI is InChI=1S/C20H14FN3O2/c1-11(25)24-16-9-5-3-7-13(16)18-17(12-6-2-4-8-15(12)21)14(10-22)19(23)26-20(18)24/h2-9,17H,23H2,1H3. The van der Waals surface area contributed by atoms with Gasteiger partial charge in [0.15, 0.2) is 0 Å². The van der Waals surface area contributed by atoms with Gasteiger partial charge in [-0.3, -0.25) is 4.79 Å². The van der Waals surface area contributed by atoms with Gasteiger partial charge in [-0.05, 0) is 12.1 Å². The molecule has 3 aromatic rings. The predicted molar refractivity (Wildman–Crippen MR) is 93.9 cm³/mol. The molecule has 4 rings (SSSR count). The average molecular weight is 347 g/mol. The second-order valence-electron chi connectivity index (χ2n) is 6.04. The fraction of sp³-hybridized carbons (Fsp3) is 0.100. The Balaban J connectivity index is 2.14. The number of para-hydroxylation sites is 1. The highest BCUT2D eigenvalue weighted by Gasteiger charge is 2.37. The van der Waals surface area contributed by atoms with E-state index in [9.17, 15) is 14.4 Å². The number of fused-ring (bicyclic) bond motifs is 3. The summed E-state index contributed by atoms with van der Waals surface area (Å²) in [6.45, 7) is 1.41. The van der Waals surface area contributed by atoms with Crippen molar-refractivity contribution in [3.05, 3.63) is 76.9 Å². The molecule has 1 aromatic heterocycles. The summed E-state index contributed by atoms with van der Waals surface area (Å²) in [5.74, 6) is -1.37. The van der Waals surface area contributed by atoms with E-state index in [2.05, 4.69) is 0 Å². The second kappa shape index (κ2) is 5.74. The Morgan fingerprint density at radius 1 is 1.23 bits per heavy atom. The number of ether oxygens (including phenoxy) is 1. The maximum absolute atomic E-state index is 14.6. The minimum Gasteiger partial charge on any atom is -0.423 e. The van der Waals surface area contributed by atoms with E-state index in [1.807, 2.05) is 18.2 Å². The topological polar surface area (TPSA) is 81.0 Å². The molecule has 1 aliphatic rings. The SMILES string of the molecule is CC(=O)n1c2c(c3ccccc31)C(c1ccccc1F)C(C#N)=C(N)O2. The zero-order chi connectivity index (χ0) is 18.4. The first-order chi connectivity index (χ1) is 12.5. The van der Waals surface area contributed by atoms with E-state index in [1.54, 1.807) is 30.3 Å². The molecule has 0 radical (unpaired) electrons. The molecule has 0 saturated heterocycles. The van der Waals surface area contributed by atoms with Crippen LogP contribution in [0.3, 0.4) is 0 Å². The molecule has 0 bridgehead atoms. The zero-order valence-electron chi connectivity index (χ0n) is 13.9. The average Bonchev–Trinajstić information content (AvgIpc) is 2.95. The number of benzene rings is 2. The minimum atomic E-state index is -0.754. The molecule has 1 unspecified atom stereocenters. The van der Waals surface area contributed by atoms with Crippen molar-refractivity contribution in [1.82, 2.24) is 4.57 Å². The summed E-state index contributed by atoms with van der Waals surface area (Å²) in [4.78, 5) is 12.2. The molecule has 0 saturated carbocycles. The van der Waals surface area contributed by atoms with Gasteiger partial charge in [-0.2, -0.15) is 5.26 Å². The summed E-state index contributed by atoms with van der Waals surface area (Å²) in [6, 6.07) is 15.5. The number of nitriles is 1. The Labute approximate surface area is 148 Å². The Bertz CT molecular complexity index is 1140. The van der Waals surface area contributed by atoms with Crippen molar-refractivity contribution in [2.75, 3.05) is 0 Å². The van der Waals surface area contributed by atoms with Gasteiger partial charge in [0.1, 0.15) is 17.5 Å². The van der Waals surface area contributed by atoms with Crippen LogP contribution in [0.5, 0.6) is 5.88 Å². The zero-order valence-corrected chi connectivity index (χ0v) is 13.9. The highest BCUT2D eigenvalue weighted by Crippen LogP contribution is 2.47. The molecule has 0 fully saturated rings. The summed E-state index contributed by atoms with van der Waals surface area (Å²) in [5.41, 5.74) is 7.57. The molecule has 1 aliphatic heterocycles. The number of nitrogens with zero attached hydrogens (tertiary/aromatic N) is 2. The van der Waals surface area contributed by atoms with Gasteiger partial charge in [0.25, 0.3) is 0 Å². The van der Waals surface area contributed by atoms with E-state index in [1.165, 1.54) is 17.6 Å². The third kappa shape index (κ3) is 2.11. The summed E-state index contributed by atoms with van der Waals surface area (Å²) in [5, 5.41) is 10.3. The van der Waals surface area contributed by atoms with Crippen LogP contribution in [-0.2, 0) is 0 Å². The third-order valence-electron chi connectivity index (χ3n) is 4.57. The number of nitrogens with two attached hydrogens (primary N) is 1. The Morgan fingerprint density at radius 3 is 2.62 bits per heavy atom. The van der Waals surface area contributed by atoms with Gasteiger partial charge in [0, 0.05) is 23.4 Å².